The predicted octanol–water partition coefficient (Wildman–Crippen LogP) is 1.97. The van der Waals surface area contributed by atoms with Gasteiger partial charge in [0.2, 0.25) is 5.96 Å². The quantitative estimate of drug-likeness (QED) is 0.583. The fourth-order valence-corrected chi connectivity index (χ4v) is 1.68. The van der Waals surface area contributed by atoms with Crippen LogP contribution in [-0.2, 0) is 6.18 Å². The first-order valence-electron chi connectivity index (χ1n) is 5.65. The summed E-state index contributed by atoms with van der Waals surface area (Å²) in [6.07, 6.45) is -2.08. The van der Waals surface area contributed by atoms with Gasteiger partial charge in [-0.05, 0) is 18.2 Å². The molecule has 0 saturated heterocycles. The van der Waals surface area contributed by atoms with Gasteiger partial charge < -0.3 is 10.7 Å². The minimum Gasteiger partial charge on any atom is -0.369 e. The number of aromatic amines is 1. The van der Waals surface area contributed by atoms with E-state index in [-0.39, 0.29) is 11.4 Å². The molecule has 2 aromatic rings. The van der Waals surface area contributed by atoms with Gasteiger partial charge in [0.25, 0.3) is 5.91 Å². The van der Waals surface area contributed by atoms with Gasteiger partial charge in [0.1, 0.15) is 5.82 Å². The van der Waals surface area contributed by atoms with Crippen molar-refractivity contribution in [1.29, 1.82) is 5.41 Å². The highest BCUT2D eigenvalue weighted by molar-refractivity contribution is 6.20. The molecule has 0 aliphatic carbocycles. The highest BCUT2D eigenvalue weighted by Crippen LogP contribution is 2.30. The van der Waals surface area contributed by atoms with Crippen LogP contribution in [0.1, 0.15) is 15.9 Å². The number of aromatic nitrogens is 2. The standard InChI is InChI=1S/C12H10F3N5O/c13-12(14,15)8-3-1-2-7(4-8)10(21)20(11(16)17)9-5-18-6-19-9/h1-6H,(H3,16,17)(H,18,19). The lowest BCUT2D eigenvalue weighted by molar-refractivity contribution is -0.137. The van der Waals surface area contributed by atoms with Crippen molar-refractivity contribution in [2.75, 3.05) is 4.90 Å². The molecule has 2 rings (SSSR count). The number of guanidine groups is 1. The third-order valence-electron chi connectivity index (χ3n) is 2.61. The number of nitrogens with two attached hydrogens (primary N) is 1. The molecule has 21 heavy (non-hydrogen) atoms. The van der Waals surface area contributed by atoms with Crippen LogP contribution in [-0.4, -0.2) is 21.8 Å². The zero-order valence-corrected chi connectivity index (χ0v) is 10.5. The van der Waals surface area contributed by atoms with Gasteiger partial charge in [0.15, 0.2) is 0 Å². The van der Waals surface area contributed by atoms with Gasteiger partial charge in [-0.25, -0.2) is 9.88 Å². The van der Waals surface area contributed by atoms with Crippen LogP contribution in [0.15, 0.2) is 36.8 Å². The van der Waals surface area contributed by atoms with E-state index in [4.69, 9.17) is 11.1 Å². The van der Waals surface area contributed by atoms with E-state index in [1.54, 1.807) is 0 Å². The summed E-state index contributed by atoms with van der Waals surface area (Å²) < 4.78 is 38.0. The topological polar surface area (TPSA) is 98.9 Å². The van der Waals surface area contributed by atoms with E-state index in [1.165, 1.54) is 18.6 Å². The maximum atomic E-state index is 12.7. The maximum absolute atomic E-state index is 12.7. The normalized spacial score (nSPS) is 11.2. The number of anilines is 1. The molecule has 0 fully saturated rings. The molecular weight excluding hydrogens is 287 g/mol. The zero-order chi connectivity index (χ0) is 15.6. The lowest BCUT2D eigenvalue weighted by Gasteiger charge is -2.19. The summed E-state index contributed by atoms with van der Waals surface area (Å²) in [5, 5.41) is 7.40. The summed E-state index contributed by atoms with van der Waals surface area (Å²) in [7, 11) is 0. The number of nitrogens with one attached hydrogen (secondary N) is 2. The van der Waals surface area contributed by atoms with Gasteiger partial charge >= 0.3 is 6.18 Å². The molecule has 0 aliphatic rings. The van der Waals surface area contributed by atoms with Crippen LogP contribution in [0.4, 0.5) is 19.0 Å². The smallest absolute Gasteiger partial charge is 0.369 e. The molecule has 0 bridgehead atoms. The first-order chi connectivity index (χ1) is 9.80. The number of carbonyl (C=O) groups is 1. The molecule has 0 unspecified atom stereocenters. The Labute approximate surface area is 116 Å². The summed E-state index contributed by atoms with van der Waals surface area (Å²) >= 11 is 0. The zero-order valence-electron chi connectivity index (χ0n) is 10.5. The molecule has 0 spiro atoms. The number of amides is 1. The van der Waals surface area contributed by atoms with E-state index in [0.717, 1.165) is 17.0 Å². The van der Waals surface area contributed by atoms with Gasteiger partial charge in [0, 0.05) is 5.56 Å². The molecule has 0 atom stereocenters. The van der Waals surface area contributed by atoms with Crippen molar-refractivity contribution >= 4 is 17.7 Å². The fraction of sp³-hybridized carbons (Fsp3) is 0.0833. The van der Waals surface area contributed by atoms with Gasteiger partial charge in [-0.15, -0.1) is 0 Å². The van der Waals surface area contributed by atoms with Gasteiger partial charge in [-0.3, -0.25) is 10.2 Å². The molecular formula is C12H10F3N5O. The molecule has 6 nitrogen and oxygen atoms in total. The summed E-state index contributed by atoms with van der Waals surface area (Å²) in [6, 6.07) is 3.88. The highest BCUT2D eigenvalue weighted by atomic mass is 19.4. The van der Waals surface area contributed by atoms with Crippen molar-refractivity contribution < 1.29 is 18.0 Å². The summed E-state index contributed by atoms with van der Waals surface area (Å²) in [5.74, 6) is -1.41. The number of rotatable bonds is 2. The number of hydrogen-bond acceptors (Lipinski definition) is 3. The Morgan fingerprint density at radius 2 is 2.10 bits per heavy atom. The summed E-state index contributed by atoms with van der Waals surface area (Å²) in [6.45, 7) is 0. The molecule has 0 aliphatic heterocycles. The van der Waals surface area contributed by atoms with Crippen molar-refractivity contribution in [2.24, 2.45) is 5.73 Å². The van der Waals surface area contributed by atoms with Gasteiger partial charge in [-0.1, -0.05) is 6.07 Å². The Morgan fingerprint density at radius 3 is 2.62 bits per heavy atom. The summed E-state index contributed by atoms with van der Waals surface area (Å²) in [4.78, 5) is 19.2. The average molecular weight is 297 g/mol. The Hall–Kier alpha value is -2.84. The van der Waals surface area contributed by atoms with E-state index in [9.17, 15) is 18.0 Å². The minimum atomic E-state index is -4.56. The third-order valence-corrected chi connectivity index (χ3v) is 2.61. The number of imidazole rings is 1. The van der Waals surface area contributed by atoms with Crippen LogP contribution in [0.5, 0.6) is 0 Å². The average Bonchev–Trinajstić information content (AvgIpc) is 2.91. The van der Waals surface area contributed by atoms with Crippen LogP contribution < -0.4 is 10.6 Å². The molecule has 1 heterocycles. The number of carbonyl (C=O) groups excluding carboxylic acids is 1. The number of alkyl halides is 3. The van der Waals surface area contributed by atoms with E-state index >= 15 is 0 Å². The first kappa shape index (κ1) is 14.6. The third kappa shape index (κ3) is 3.02. The van der Waals surface area contributed by atoms with Crippen LogP contribution in [0, 0.1) is 5.41 Å². The van der Waals surface area contributed by atoms with Crippen molar-refractivity contribution in [3.8, 4) is 0 Å². The van der Waals surface area contributed by atoms with Crippen molar-refractivity contribution in [2.45, 2.75) is 6.18 Å². The van der Waals surface area contributed by atoms with Gasteiger partial charge in [-0.2, -0.15) is 13.2 Å². The SMILES string of the molecule is N=C(N)N(C(=O)c1cccc(C(F)(F)F)c1)c1cnc[nH]1. The van der Waals surface area contributed by atoms with E-state index in [0.29, 0.717) is 6.07 Å². The van der Waals surface area contributed by atoms with Crippen LogP contribution in [0.25, 0.3) is 0 Å². The van der Waals surface area contributed by atoms with E-state index in [2.05, 4.69) is 9.97 Å². The molecule has 1 amide bonds. The monoisotopic (exact) mass is 297 g/mol. The maximum Gasteiger partial charge on any atom is 0.416 e. The molecule has 0 saturated carbocycles. The van der Waals surface area contributed by atoms with Crippen LogP contribution in [0.3, 0.4) is 0 Å². The second-order valence-electron chi connectivity index (χ2n) is 4.04. The molecule has 110 valence electrons. The number of halogens is 3. The van der Waals surface area contributed by atoms with Crippen LogP contribution >= 0.6 is 0 Å². The molecule has 9 heteroatoms. The fourth-order valence-electron chi connectivity index (χ4n) is 1.68. The number of hydrogen-bond donors (Lipinski definition) is 3. The number of benzene rings is 1. The second kappa shape index (κ2) is 5.27. The molecule has 1 aromatic carbocycles. The van der Waals surface area contributed by atoms with Crippen LogP contribution in [0.2, 0.25) is 0 Å². The first-order valence-corrected chi connectivity index (χ1v) is 5.65. The highest BCUT2D eigenvalue weighted by Gasteiger charge is 2.32. The largest absolute Gasteiger partial charge is 0.416 e. The van der Waals surface area contributed by atoms with E-state index < -0.39 is 23.6 Å². The summed E-state index contributed by atoms with van der Waals surface area (Å²) in [5.41, 5.74) is 4.11. The van der Waals surface area contributed by atoms with E-state index in [1.807, 2.05) is 0 Å². The molecule has 1 aromatic heterocycles. The van der Waals surface area contributed by atoms with Crippen molar-refractivity contribution in [3.63, 3.8) is 0 Å². The second-order valence-corrected chi connectivity index (χ2v) is 4.04. The Balaban J connectivity index is 2.41. The Bertz CT molecular complexity index is 666. The van der Waals surface area contributed by atoms with Crippen molar-refractivity contribution in [3.05, 3.63) is 47.9 Å². The minimum absolute atomic E-state index is 0.0879. The van der Waals surface area contributed by atoms with Crippen molar-refractivity contribution in [1.82, 2.24) is 9.97 Å². The lowest BCUT2D eigenvalue weighted by atomic mass is 10.1. The molecule has 4 N–H and O–H groups in total. The lowest BCUT2D eigenvalue weighted by Crippen LogP contribution is -2.41. The molecule has 0 radical (unpaired) electrons. The Kier molecular flexibility index (Phi) is 3.66. The predicted molar refractivity (Wildman–Crippen MR) is 68.8 cm³/mol. The Morgan fingerprint density at radius 1 is 1.38 bits per heavy atom. The number of nitrogens with zero attached hydrogens (tertiary/aromatic N) is 2. The van der Waals surface area contributed by atoms with Gasteiger partial charge in [0.05, 0.1) is 18.1 Å². The number of H-pyrrole nitrogens is 1.